The van der Waals surface area contributed by atoms with E-state index in [-0.39, 0.29) is 17.3 Å². The molecule has 120 valence electrons. The van der Waals surface area contributed by atoms with Crippen molar-refractivity contribution < 1.29 is 13.2 Å². The van der Waals surface area contributed by atoms with E-state index in [0.29, 0.717) is 24.9 Å². The number of hydrogen-bond donors (Lipinski definition) is 2. The molecule has 2 rings (SSSR count). The van der Waals surface area contributed by atoms with Gasteiger partial charge in [0.1, 0.15) is 5.75 Å². The van der Waals surface area contributed by atoms with Gasteiger partial charge in [0.15, 0.2) is 0 Å². The average molecular weight is 335 g/mol. The molecule has 1 heterocycles. The van der Waals surface area contributed by atoms with Crippen molar-refractivity contribution in [3.63, 3.8) is 0 Å². The third-order valence-corrected chi connectivity index (χ3v) is 4.83. The molecular weight excluding hydrogens is 312 g/mol. The molecule has 0 bridgehead atoms. The van der Waals surface area contributed by atoms with Crippen LogP contribution in [0.15, 0.2) is 29.2 Å². The Balaban J connectivity index is 0.00000220. The van der Waals surface area contributed by atoms with E-state index in [1.165, 1.54) is 6.42 Å². The summed E-state index contributed by atoms with van der Waals surface area (Å²) in [4.78, 5) is 0.253. The van der Waals surface area contributed by atoms with E-state index in [2.05, 4.69) is 10.0 Å². The predicted octanol–water partition coefficient (Wildman–Crippen LogP) is 1.93. The molecular formula is C14H23ClN2O3S. The quantitative estimate of drug-likeness (QED) is 0.799. The van der Waals surface area contributed by atoms with Gasteiger partial charge in [-0.2, -0.15) is 0 Å². The SMILES string of the molecule is CCOc1cccc(S(=O)(=O)NCC[C@H]2CCCN2)c1.Cl. The molecule has 1 atom stereocenters. The lowest BCUT2D eigenvalue weighted by Crippen LogP contribution is -2.30. The van der Waals surface area contributed by atoms with E-state index in [1.807, 2.05) is 6.92 Å². The second kappa shape index (κ2) is 8.58. The summed E-state index contributed by atoms with van der Waals surface area (Å²) in [6.07, 6.45) is 3.12. The zero-order valence-electron chi connectivity index (χ0n) is 12.2. The van der Waals surface area contributed by atoms with E-state index < -0.39 is 10.0 Å². The molecule has 0 spiro atoms. The van der Waals surface area contributed by atoms with Crippen LogP contribution in [0.3, 0.4) is 0 Å². The van der Waals surface area contributed by atoms with Gasteiger partial charge in [0.2, 0.25) is 10.0 Å². The summed E-state index contributed by atoms with van der Waals surface area (Å²) in [7, 11) is -3.45. The molecule has 0 radical (unpaired) electrons. The van der Waals surface area contributed by atoms with Gasteiger partial charge in [-0.3, -0.25) is 0 Å². The van der Waals surface area contributed by atoms with E-state index >= 15 is 0 Å². The second-order valence-corrected chi connectivity index (χ2v) is 6.65. The summed E-state index contributed by atoms with van der Waals surface area (Å²) >= 11 is 0. The fraction of sp³-hybridized carbons (Fsp3) is 0.571. The van der Waals surface area contributed by atoms with Crippen LogP contribution in [0.4, 0.5) is 0 Å². The molecule has 0 saturated carbocycles. The van der Waals surface area contributed by atoms with E-state index in [9.17, 15) is 8.42 Å². The van der Waals surface area contributed by atoms with E-state index in [1.54, 1.807) is 24.3 Å². The molecule has 5 nitrogen and oxygen atoms in total. The van der Waals surface area contributed by atoms with Crippen LogP contribution in [0.2, 0.25) is 0 Å². The highest BCUT2D eigenvalue weighted by Crippen LogP contribution is 2.17. The highest BCUT2D eigenvalue weighted by molar-refractivity contribution is 7.89. The van der Waals surface area contributed by atoms with Gasteiger partial charge in [0.25, 0.3) is 0 Å². The molecule has 1 aliphatic rings. The van der Waals surface area contributed by atoms with Crippen molar-refractivity contribution in [2.24, 2.45) is 0 Å². The molecule has 1 aromatic rings. The first kappa shape index (κ1) is 18.2. The number of rotatable bonds is 7. The predicted molar refractivity (Wildman–Crippen MR) is 85.7 cm³/mol. The van der Waals surface area contributed by atoms with Gasteiger partial charge in [-0.05, 0) is 44.9 Å². The second-order valence-electron chi connectivity index (χ2n) is 4.89. The topological polar surface area (TPSA) is 67.4 Å². The van der Waals surface area contributed by atoms with Crippen molar-refractivity contribution in [1.82, 2.24) is 10.0 Å². The van der Waals surface area contributed by atoms with Crippen LogP contribution in [0.5, 0.6) is 5.75 Å². The molecule has 1 fully saturated rings. The maximum atomic E-state index is 12.2. The Morgan fingerprint density at radius 3 is 2.90 bits per heavy atom. The molecule has 0 aromatic heterocycles. The van der Waals surface area contributed by atoms with Crippen molar-refractivity contribution in [3.05, 3.63) is 24.3 Å². The van der Waals surface area contributed by atoms with Crippen molar-refractivity contribution in [1.29, 1.82) is 0 Å². The van der Waals surface area contributed by atoms with Gasteiger partial charge in [-0.15, -0.1) is 12.4 Å². The van der Waals surface area contributed by atoms with Crippen LogP contribution in [-0.2, 0) is 10.0 Å². The summed E-state index contributed by atoms with van der Waals surface area (Å²) in [5.74, 6) is 0.577. The molecule has 1 aliphatic heterocycles. The number of ether oxygens (including phenoxy) is 1. The number of sulfonamides is 1. The molecule has 2 N–H and O–H groups in total. The minimum Gasteiger partial charge on any atom is -0.494 e. The molecule has 0 aliphatic carbocycles. The van der Waals surface area contributed by atoms with Gasteiger partial charge in [0.05, 0.1) is 11.5 Å². The van der Waals surface area contributed by atoms with Crippen LogP contribution in [0, 0.1) is 0 Å². The summed E-state index contributed by atoms with van der Waals surface area (Å²) in [5, 5.41) is 3.35. The first-order valence-corrected chi connectivity index (χ1v) is 8.56. The lowest BCUT2D eigenvalue weighted by molar-refractivity contribution is 0.339. The molecule has 7 heteroatoms. The smallest absolute Gasteiger partial charge is 0.240 e. The van der Waals surface area contributed by atoms with Crippen molar-refractivity contribution in [2.75, 3.05) is 19.7 Å². The third-order valence-electron chi connectivity index (χ3n) is 3.37. The van der Waals surface area contributed by atoms with Crippen LogP contribution in [0.25, 0.3) is 0 Å². The normalized spacial score (nSPS) is 18.2. The first-order valence-electron chi connectivity index (χ1n) is 7.08. The van der Waals surface area contributed by atoms with Crippen LogP contribution >= 0.6 is 12.4 Å². The van der Waals surface area contributed by atoms with Crippen LogP contribution < -0.4 is 14.8 Å². The lowest BCUT2D eigenvalue weighted by Gasteiger charge is -2.12. The first-order chi connectivity index (χ1) is 9.62. The Morgan fingerprint density at radius 2 is 2.24 bits per heavy atom. The Hall–Kier alpha value is -0.820. The van der Waals surface area contributed by atoms with E-state index in [4.69, 9.17) is 4.74 Å². The number of halogens is 1. The summed E-state index contributed by atoms with van der Waals surface area (Å²) < 4.78 is 32.3. The average Bonchev–Trinajstić information content (AvgIpc) is 2.92. The zero-order chi connectivity index (χ0) is 14.4. The Kier molecular flexibility index (Phi) is 7.45. The highest BCUT2D eigenvalue weighted by atomic mass is 35.5. The Morgan fingerprint density at radius 1 is 1.43 bits per heavy atom. The van der Waals surface area contributed by atoms with Crippen LogP contribution in [0.1, 0.15) is 26.2 Å². The number of nitrogens with one attached hydrogen (secondary N) is 2. The van der Waals surface area contributed by atoms with Crippen LogP contribution in [-0.4, -0.2) is 34.2 Å². The summed E-state index contributed by atoms with van der Waals surface area (Å²) in [5.41, 5.74) is 0. The minimum absolute atomic E-state index is 0. The van der Waals surface area contributed by atoms with E-state index in [0.717, 1.165) is 19.4 Å². The molecule has 0 amide bonds. The maximum Gasteiger partial charge on any atom is 0.240 e. The standard InChI is InChI=1S/C14H22N2O3S.ClH/c1-2-19-13-6-3-7-14(11-13)20(17,18)16-10-8-12-5-4-9-15-12;/h3,6-7,11-12,15-16H,2,4-5,8-10H2,1H3;1H/t12-;/m1./s1. The van der Waals surface area contributed by atoms with Crippen molar-refractivity contribution in [3.8, 4) is 5.75 Å². The molecule has 1 aromatic carbocycles. The monoisotopic (exact) mass is 334 g/mol. The third kappa shape index (κ3) is 5.47. The largest absolute Gasteiger partial charge is 0.494 e. The Bertz CT molecular complexity index is 531. The van der Waals surface area contributed by atoms with Gasteiger partial charge in [-0.1, -0.05) is 6.07 Å². The summed E-state index contributed by atoms with van der Waals surface area (Å²) in [6, 6.07) is 7.02. The number of hydrogen-bond acceptors (Lipinski definition) is 4. The minimum atomic E-state index is -3.45. The number of benzene rings is 1. The maximum absolute atomic E-state index is 12.2. The highest BCUT2D eigenvalue weighted by Gasteiger charge is 2.17. The fourth-order valence-corrected chi connectivity index (χ4v) is 3.43. The van der Waals surface area contributed by atoms with Gasteiger partial charge >= 0.3 is 0 Å². The Labute approximate surface area is 132 Å². The van der Waals surface area contributed by atoms with Crippen molar-refractivity contribution in [2.45, 2.75) is 37.1 Å². The lowest BCUT2D eigenvalue weighted by atomic mass is 10.2. The fourth-order valence-electron chi connectivity index (χ4n) is 2.35. The molecule has 0 unspecified atom stereocenters. The zero-order valence-corrected chi connectivity index (χ0v) is 13.8. The van der Waals surface area contributed by atoms with Gasteiger partial charge in [0, 0.05) is 18.7 Å². The summed E-state index contributed by atoms with van der Waals surface area (Å²) in [6.45, 7) is 3.88. The van der Waals surface area contributed by atoms with Gasteiger partial charge in [-0.25, -0.2) is 13.1 Å². The van der Waals surface area contributed by atoms with Gasteiger partial charge < -0.3 is 10.1 Å². The van der Waals surface area contributed by atoms with Crippen molar-refractivity contribution >= 4 is 22.4 Å². The molecule has 21 heavy (non-hydrogen) atoms. The molecule has 1 saturated heterocycles.